The average Bonchev–Trinajstić information content (AvgIpc) is 2.95. The lowest BCUT2D eigenvalue weighted by molar-refractivity contribution is -0.117. The molecule has 1 aliphatic rings. The van der Waals surface area contributed by atoms with Gasteiger partial charge in [0.25, 0.3) is 0 Å². The van der Waals surface area contributed by atoms with E-state index in [4.69, 9.17) is 10.9 Å². The zero-order chi connectivity index (χ0) is 18.7. The second kappa shape index (κ2) is 7.55. The zero-order valence-corrected chi connectivity index (χ0v) is 15.0. The Morgan fingerprint density at radius 3 is 2.54 bits per heavy atom. The van der Waals surface area contributed by atoms with Crippen molar-refractivity contribution in [2.24, 2.45) is 10.9 Å². The number of hydrogen-bond donors (Lipinski definition) is 3. The molecule has 0 radical (unpaired) electrons. The fourth-order valence-corrected chi connectivity index (χ4v) is 3.81. The Morgan fingerprint density at radius 2 is 1.85 bits per heavy atom. The molecular weight excluding hydrogens is 352 g/mol. The number of anilines is 1. The van der Waals surface area contributed by atoms with Crippen LogP contribution in [0.5, 0.6) is 0 Å². The molecule has 2 aromatic rings. The first-order valence-corrected chi connectivity index (χ1v) is 9.83. The molecule has 7 nitrogen and oxygen atoms in total. The van der Waals surface area contributed by atoms with Crippen molar-refractivity contribution in [1.29, 1.82) is 0 Å². The van der Waals surface area contributed by atoms with E-state index in [1.165, 1.54) is 23.8 Å². The van der Waals surface area contributed by atoms with E-state index in [1.54, 1.807) is 6.07 Å². The number of nitrogens with one attached hydrogen (secondary N) is 1. The van der Waals surface area contributed by atoms with Crippen LogP contribution in [0, 0.1) is 0 Å². The van der Waals surface area contributed by atoms with Crippen molar-refractivity contribution in [3.63, 3.8) is 0 Å². The largest absolute Gasteiger partial charge is 0.326 e. The number of hydrogen-bond acceptors (Lipinski definition) is 5. The highest BCUT2D eigenvalue weighted by Gasteiger charge is 2.31. The monoisotopic (exact) mass is 374 g/mol. The summed E-state index contributed by atoms with van der Waals surface area (Å²) in [5.41, 5.74) is 7.81. The molecule has 5 N–H and O–H groups in total. The van der Waals surface area contributed by atoms with Crippen LogP contribution in [0.25, 0.3) is 0 Å². The third kappa shape index (κ3) is 4.47. The summed E-state index contributed by atoms with van der Waals surface area (Å²) in [5.74, 6) is -0.0350. The van der Waals surface area contributed by atoms with Gasteiger partial charge in [-0.25, -0.2) is 13.6 Å². The topological polar surface area (TPSA) is 119 Å². The highest BCUT2D eigenvalue weighted by Crippen LogP contribution is 2.26. The number of nitrogens with two attached hydrogens (primary N) is 2. The van der Waals surface area contributed by atoms with Crippen molar-refractivity contribution >= 4 is 21.6 Å². The van der Waals surface area contributed by atoms with E-state index in [2.05, 4.69) is 5.32 Å². The van der Waals surface area contributed by atoms with E-state index >= 15 is 0 Å². The zero-order valence-electron chi connectivity index (χ0n) is 14.2. The van der Waals surface area contributed by atoms with Gasteiger partial charge in [-0.1, -0.05) is 36.4 Å². The maximum absolute atomic E-state index is 12.3. The molecule has 0 unspecified atom stereocenters. The van der Waals surface area contributed by atoms with Gasteiger partial charge in [-0.05, 0) is 23.8 Å². The molecule has 138 valence electrons. The van der Waals surface area contributed by atoms with Crippen LogP contribution in [0.2, 0.25) is 0 Å². The highest BCUT2D eigenvalue weighted by atomic mass is 32.2. The number of sulfonamides is 1. The lowest BCUT2D eigenvalue weighted by Crippen LogP contribution is -2.33. The van der Waals surface area contributed by atoms with Gasteiger partial charge in [0.15, 0.2) is 0 Å². The molecule has 8 heteroatoms. The van der Waals surface area contributed by atoms with E-state index < -0.39 is 10.0 Å². The van der Waals surface area contributed by atoms with Crippen molar-refractivity contribution in [2.75, 3.05) is 25.0 Å². The van der Waals surface area contributed by atoms with Crippen LogP contribution in [-0.4, -0.2) is 44.9 Å². The van der Waals surface area contributed by atoms with Crippen molar-refractivity contribution in [1.82, 2.24) is 4.90 Å². The normalized spacial score (nSPS) is 20.8. The van der Waals surface area contributed by atoms with Crippen LogP contribution >= 0.6 is 0 Å². The summed E-state index contributed by atoms with van der Waals surface area (Å²) in [7, 11) is -3.81. The van der Waals surface area contributed by atoms with Crippen molar-refractivity contribution in [2.45, 2.75) is 16.9 Å². The van der Waals surface area contributed by atoms with Crippen LogP contribution in [0.1, 0.15) is 11.5 Å². The highest BCUT2D eigenvalue weighted by molar-refractivity contribution is 7.89. The molecule has 3 rings (SSSR count). The summed E-state index contributed by atoms with van der Waals surface area (Å²) < 4.78 is 22.8. The van der Waals surface area contributed by atoms with Crippen molar-refractivity contribution < 1.29 is 13.2 Å². The second-order valence-corrected chi connectivity index (χ2v) is 8.06. The number of benzene rings is 2. The first-order valence-electron chi connectivity index (χ1n) is 8.28. The minimum absolute atomic E-state index is 0.0316. The van der Waals surface area contributed by atoms with Crippen molar-refractivity contribution in [3.8, 4) is 0 Å². The lowest BCUT2D eigenvalue weighted by atomic mass is 9.95. The molecule has 1 amide bonds. The molecule has 0 saturated carbocycles. The van der Waals surface area contributed by atoms with Gasteiger partial charge >= 0.3 is 0 Å². The quantitative estimate of drug-likeness (QED) is 0.712. The Labute approximate surface area is 153 Å². The van der Waals surface area contributed by atoms with Gasteiger partial charge in [-0.2, -0.15) is 0 Å². The minimum Gasteiger partial charge on any atom is -0.326 e. The fourth-order valence-electron chi connectivity index (χ4n) is 3.25. The summed E-state index contributed by atoms with van der Waals surface area (Å²) in [5, 5.41) is 7.82. The van der Waals surface area contributed by atoms with E-state index in [1.807, 2.05) is 35.2 Å². The Balaban J connectivity index is 1.61. The minimum atomic E-state index is -3.81. The van der Waals surface area contributed by atoms with Crippen molar-refractivity contribution in [3.05, 3.63) is 60.2 Å². The Kier molecular flexibility index (Phi) is 5.38. The Hall–Kier alpha value is -2.26. The lowest BCUT2D eigenvalue weighted by Gasteiger charge is -2.16. The van der Waals surface area contributed by atoms with Crippen LogP contribution in [0.4, 0.5) is 5.69 Å². The fraction of sp³-hybridized carbons (Fsp3) is 0.278. The summed E-state index contributed by atoms with van der Waals surface area (Å²) in [6.07, 6.45) is 0. The number of carbonyl (C=O) groups is 1. The second-order valence-electron chi connectivity index (χ2n) is 6.50. The average molecular weight is 374 g/mol. The SMILES string of the molecule is N[C@@H]1CN(CC(=O)Nc2cccc(S(N)(=O)=O)c2)C[C@H]1c1ccccc1. The smallest absolute Gasteiger partial charge is 0.238 e. The third-order valence-electron chi connectivity index (χ3n) is 4.48. The maximum atomic E-state index is 12.3. The summed E-state index contributed by atoms with van der Waals surface area (Å²) in [6.45, 7) is 1.52. The van der Waals surface area contributed by atoms with Crippen LogP contribution < -0.4 is 16.2 Å². The first kappa shape index (κ1) is 18.5. The molecule has 1 aliphatic heterocycles. The van der Waals surface area contributed by atoms with Gasteiger partial charge in [0, 0.05) is 30.7 Å². The molecule has 0 spiro atoms. The van der Waals surface area contributed by atoms with Gasteiger partial charge < -0.3 is 11.1 Å². The number of amides is 1. The van der Waals surface area contributed by atoms with Gasteiger partial charge in [-0.15, -0.1) is 0 Å². The summed E-state index contributed by atoms with van der Waals surface area (Å²) in [4.78, 5) is 14.3. The molecule has 26 heavy (non-hydrogen) atoms. The number of rotatable bonds is 5. The van der Waals surface area contributed by atoms with Crippen LogP contribution in [0.3, 0.4) is 0 Å². The summed E-state index contributed by atoms with van der Waals surface area (Å²) in [6, 6.07) is 15.9. The van der Waals surface area contributed by atoms with Gasteiger partial charge in [0.1, 0.15) is 0 Å². The molecule has 1 heterocycles. The Bertz CT molecular complexity index is 886. The number of primary sulfonamides is 1. The van der Waals surface area contributed by atoms with E-state index in [9.17, 15) is 13.2 Å². The molecule has 2 atom stereocenters. The molecular formula is C18H22N4O3S. The molecule has 1 saturated heterocycles. The molecule has 1 fully saturated rings. The van der Waals surface area contributed by atoms with E-state index in [0.717, 1.165) is 0 Å². The van der Waals surface area contributed by atoms with E-state index in [0.29, 0.717) is 18.8 Å². The molecule has 0 aromatic heterocycles. The van der Waals surface area contributed by atoms with E-state index in [-0.39, 0.29) is 29.3 Å². The molecule has 0 bridgehead atoms. The molecule has 0 aliphatic carbocycles. The standard InChI is InChI=1S/C18H22N4O3S/c19-17-11-22(10-16(17)13-5-2-1-3-6-13)12-18(23)21-14-7-4-8-15(9-14)26(20,24)25/h1-9,16-17H,10-12,19H2,(H,21,23)(H2,20,24,25)/t16-,17+/m0/s1. The Morgan fingerprint density at radius 1 is 1.12 bits per heavy atom. The van der Waals surface area contributed by atoms with Gasteiger partial charge in [0.2, 0.25) is 15.9 Å². The predicted molar refractivity (Wildman–Crippen MR) is 100 cm³/mol. The third-order valence-corrected chi connectivity index (χ3v) is 5.39. The first-order chi connectivity index (χ1) is 12.3. The maximum Gasteiger partial charge on any atom is 0.238 e. The van der Waals surface area contributed by atoms with Crippen LogP contribution in [-0.2, 0) is 14.8 Å². The number of nitrogens with zero attached hydrogens (tertiary/aromatic N) is 1. The van der Waals surface area contributed by atoms with Crippen LogP contribution in [0.15, 0.2) is 59.5 Å². The number of carbonyl (C=O) groups excluding carboxylic acids is 1. The summed E-state index contributed by atoms with van der Waals surface area (Å²) >= 11 is 0. The van der Waals surface area contributed by atoms with Gasteiger partial charge in [-0.3, -0.25) is 9.69 Å². The predicted octanol–water partition coefficient (Wildman–Crippen LogP) is 0.699. The van der Waals surface area contributed by atoms with Gasteiger partial charge in [0.05, 0.1) is 11.4 Å². The molecule has 2 aromatic carbocycles. The number of likely N-dealkylation sites (tertiary alicyclic amines) is 1.